The van der Waals surface area contributed by atoms with Gasteiger partial charge in [-0.3, -0.25) is 9.48 Å². The van der Waals surface area contributed by atoms with E-state index < -0.39 is 0 Å². The number of nitrogens with zero attached hydrogens (tertiary/aromatic N) is 3. The second kappa shape index (κ2) is 8.78. The predicted molar refractivity (Wildman–Crippen MR) is 125 cm³/mol. The summed E-state index contributed by atoms with van der Waals surface area (Å²) in [5.41, 5.74) is 4.08. The summed E-state index contributed by atoms with van der Waals surface area (Å²) in [6.45, 7) is 13.3. The minimum atomic E-state index is -0.0209. The van der Waals surface area contributed by atoms with Crippen molar-refractivity contribution in [2.24, 2.45) is 5.41 Å². The Balaban J connectivity index is 1.46. The molecular weight excluding hydrogens is 384 g/mol. The summed E-state index contributed by atoms with van der Waals surface area (Å²) < 4.78 is 1.80. The predicted octanol–water partition coefficient (Wildman–Crippen LogP) is 4.94. The fourth-order valence-electron chi connectivity index (χ4n) is 5.26. The van der Waals surface area contributed by atoms with Crippen LogP contribution in [0.4, 0.5) is 0 Å². The molecule has 1 spiro atoms. The quantitative estimate of drug-likeness (QED) is 0.743. The molecule has 0 saturated carbocycles. The molecule has 1 atom stereocenters. The molecule has 2 aromatic rings. The number of rotatable bonds is 5. The zero-order valence-corrected chi connectivity index (χ0v) is 19.7. The Morgan fingerprint density at radius 3 is 2.61 bits per heavy atom. The third-order valence-corrected chi connectivity index (χ3v) is 7.34. The van der Waals surface area contributed by atoms with E-state index >= 15 is 0 Å². The van der Waals surface area contributed by atoms with E-state index in [1.54, 1.807) is 10.9 Å². The van der Waals surface area contributed by atoms with Crippen molar-refractivity contribution in [2.45, 2.75) is 77.8 Å². The Morgan fingerprint density at radius 2 is 1.94 bits per heavy atom. The number of aromatic nitrogens is 2. The second-order valence-corrected chi connectivity index (χ2v) is 10.7. The van der Waals surface area contributed by atoms with E-state index in [-0.39, 0.29) is 17.4 Å². The van der Waals surface area contributed by atoms with Crippen LogP contribution in [0.1, 0.15) is 87.3 Å². The van der Waals surface area contributed by atoms with E-state index in [0.717, 1.165) is 19.4 Å². The van der Waals surface area contributed by atoms with Gasteiger partial charge in [0.25, 0.3) is 5.91 Å². The Morgan fingerprint density at radius 1 is 1.19 bits per heavy atom. The number of hydrogen-bond acceptors (Lipinski definition) is 3. The maximum absolute atomic E-state index is 12.8. The number of likely N-dealkylation sites (tertiary alicyclic amines) is 1. The van der Waals surface area contributed by atoms with Crippen LogP contribution in [0.15, 0.2) is 36.7 Å². The van der Waals surface area contributed by atoms with Crippen LogP contribution in [0.25, 0.3) is 0 Å². The van der Waals surface area contributed by atoms with E-state index in [1.807, 2.05) is 13.1 Å². The van der Waals surface area contributed by atoms with Gasteiger partial charge in [-0.2, -0.15) is 5.10 Å². The van der Waals surface area contributed by atoms with Crippen molar-refractivity contribution in [2.75, 3.05) is 19.6 Å². The topological polar surface area (TPSA) is 50.2 Å². The molecule has 1 aromatic carbocycles. The van der Waals surface area contributed by atoms with Crippen LogP contribution in [0.3, 0.4) is 0 Å². The van der Waals surface area contributed by atoms with Gasteiger partial charge in [-0.25, -0.2) is 0 Å². The summed E-state index contributed by atoms with van der Waals surface area (Å²) in [4.78, 5) is 15.5. The molecule has 5 heteroatoms. The lowest BCUT2D eigenvalue weighted by molar-refractivity contribution is 0.0914. The maximum atomic E-state index is 12.8. The van der Waals surface area contributed by atoms with Gasteiger partial charge in [-0.1, -0.05) is 45.0 Å². The van der Waals surface area contributed by atoms with Gasteiger partial charge in [-0.05, 0) is 80.6 Å². The van der Waals surface area contributed by atoms with E-state index in [9.17, 15) is 4.79 Å². The van der Waals surface area contributed by atoms with Crippen molar-refractivity contribution in [3.8, 4) is 0 Å². The van der Waals surface area contributed by atoms with E-state index in [4.69, 9.17) is 0 Å². The van der Waals surface area contributed by atoms with Gasteiger partial charge in [0.05, 0.1) is 17.8 Å². The number of fused-ring (bicyclic) bond motifs is 2. The third-order valence-electron chi connectivity index (χ3n) is 7.34. The van der Waals surface area contributed by atoms with Crippen molar-refractivity contribution in [1.82, 2.24) is 20.0 Å². The van der Waals surface area contributed by atoms with Crippen molar-refractivity contribution < 1.29 is 4.79 Å². The van der Waals surface area contributed by atoms with E-state index in [0.29, 0.717) is 11.0 Å². The van der Waals surface area contributed by atoms with Gasteiger partial charge < -0.3 is 10.2 Å². The number of piperidine rings is 1. The summed E-state index contributed by atoms with van der Waals surface area (Å²) in [6.07, 6.45) is 9.35. The SMILES string of the molecule is CCn1cc(C(=O)N[C@@H]2CCC3(CCN(CCC(C)(C)C)CC3)c3ccccc32)cn1. The number of carbonyl (C=O) groups is 1. The third kappa shape index (κ3) is 4.87. The smallest absolute Gasteiger partial charge is 0.254 e. The fourth-order valence-corrected chi connectivity index (χ4v) is 5.26. The number of nitrogens with one attached hydrogen (secondary N) is 1. The van der Waals surface area contributed by atoms with Gasteiger partial charge in [0, 0.05) is 12.7 Å². The summed E-state index contributed by atoms with van der Waals surface area (Å²) in [7, 11) is 0. The van der Waals surface area contributed by atoms with E-state index in [1.165, 1.54) is 50.0 Å². The molecule has 5 nitrogen and oxygen atoms in total. The Labute approximate surface area is 187 Å². The molecule has 1 aliphatic carbocycles. The summed E-state index contributed by atoms with van der Waals surface area (Å²) in [5.74, 6) is -0.0209. The van der Waals surface area contributed by atoms with Crippen LogP contribution in [0.2, 0.25) is 0 Å². The highest BCUT2D eigenvalue weighted by atomic mass is 16.1. The minimum absolute atomic E-state index is 0.0209. The average Bonchev–Trinajstić information content (AvgIpc) is 3.25. The van der Waals surface area contributed by atoms with Crippen LogP contribution < -0.4 is 5.32 Å². The number of aryl methyl sites for hydroxylation is 1. The Bertz CT molecular complexity index is 902. The highest BCUT2D eigenvalue weighted by molar-refractivity contribution is 5.94. The highest BCUT2D eigenvalue weighted by Crippen LogP contribution is 2.48. The second-order valence-electron chi connectivity index (χ2n) is 10.7. The van der Waals surface area contributed by atoms with Crippen LogP contribution in [0, 0.1) is 5.41 Å². The first-order valence-electron chi connectivity index (χ1n) is 11.9. The highest BCUT2D eigenvalue weighted by Gasteiger charge is 2.42. The Kier molecular flexibility index (Phi) is 6.25. The molecule has 1 N–H and O–H groups in total. The molecule has 2 aliphatic rings. The maximum Gasteiger partial charge on any atom is 0.254 e. The van der Waals surface area contributed by atoms with Gasteiger partial charge in [0.2, 0.25) is 0 Å². The number of amides is 1. The molecule has 1 amide bonds. The largest absolute Gasteiger partial charge is 0.345 e. The first kappa shape index (κ1) is 22.1. The van der Waals surface area contributed by atoms with Gasteiger partial charge in [0.15, 0.2) is 0 Å². The number of benzene rings is 1. The van der Waals surface area contributed by atoms with Crippen LogP contribution >= 0.6 is 0 Å². The zero-order chi connectivity index (χ0) is 22.1. The van der Waals surface area contributed by atoms with E-state index in [2.05, 4.69) is 60.4 Å². The fraction of sp³-hybridized carbons (Fsp3) is 0.615. The summed E-state index contributed by atoms with van der Waals surface area (Å²) in [6, 6.07) is 8.90. The summed E-state index contributed by atoms with van der Waals surface area (Å²) >= 11 is 0. The molecule has 1 aromatic heterocycles. The number of hydrogen-bond donors (Lipinski definition) is 1. The van der Waals surface area contributed by atoms with Crippen LogP contribution in [-0.4, -0.2) is 40.2 Å². The lowest BCUT2D eigenvalue weighted by Crippen LogP contribution is -2.46. The molecule has 4 rings (SSSR count). The van der Waals surface area contributed by atoms with Crippen molar-refractivity contribution in [1.29, 1.82) is 0 Å². The molecule has 168 valence electrons. The zero-order valence-electron chi connectivity index (χ0n) is 19.7. The van der Waals surface area contributed by atoms with Gasteiger partial charge in [-0.15, -0.1) is 0 Å². The Hall–Kier alpha value is -2.14. The normalized spacial score (nSPS) is 21.1. The summed E-state index contributed by atoms with van der Waals surface area (Å²) in [5, 5.41) is 7.54. The van der Waals surface area contributed by atoms with Crippen molar-refractivity contribution in [3.05, 3.63) is 53.3 Å². The molecule has 0 bridgehead atoms. The van der Waals surface area contributed by atoms with Crippen LogP contribution in [0.5, 0.6) is 0 Å². The molecule has 0 radical (unpaired) electrons. The van der Waals surface area contributed by atoms with Crippen molar-refractivity contribution >= 4 is 5.91 Å². The van der Waals surface area contributed by atoms with Gasteiger partial charge >= 0.3 is 0 Å². The molecule has 1 saturated heterocycles. The molecule has 31 heavy (non-hydrogen) atoms. The van der Waals surface area contributed by atoms with Gasteiger partial charge in [0.1, 0.15) is 0 Å². The monoisotopic (exact) mass is 422 g/mol. The first-order valence-corrected chi connectivity index (χ1v) is 11.9. The molecule has 2 heterocycles. The molecule has 0 unspecified atom stereocenters. The lowest BCUT2D eigenvalue weighted by atomic mass is 9.63. The molecule has 1 aliphatic heterocycles. The minimum Gasteiger partial charge on any atom is -0.345 e. The average molecular weight is 423 g/mol. The number of carbonyl (C=O) groups excluding carboxylic acids is 1. The molecular formula is C26H38N4O. The first-order chi connectivity index (χ1) is 14.8. The lowest BCUT2D eigenvalue weighted by Gasteiger charge is -2.47. The standard InChI is InChI=1S/C26H38N4O/c1-5-30-19-20(18-27-30)24(31)28-23-10-11-26(22-9-7-6-8-21(22)23)13-16-29(17-14-26)15-12-25(2,3)4/h6-9,18-19,23H,5,10-17H2,1-4H3,(H,28,31)/t23-/m1/s1. The van der Waals surface area contributed by atoms with Crippen LogP contribution in [-0.2, 0) is 12.0 Å². The van der Waals surface area contributed by atoms with Crippen molar-refractivity contribution in [3.63, 3.8) is 0 Å². The molecule has 1 fully saturated rings.